The first-order valence-corrected chi connectivity index (χ1v) is 9.83. The van der Waals surface area contributed by atoms with E-state index in [9.17, 15) is 4.79 Å². The minimum absolute atomic E-state index is 0.111. The lowest BCUT2D eigenvalue weighted by molar-refractivity contribution is -0.116. The lowest BCUT2D eigenvalue weighted by Gasteiger charge is -2.16. The van der Waals surface area contributed by atoms with E-state index in [4.69, 9.17) is 9.26 Å². The van der Waals surface area contributed by atoms with Crippen molar-refractivity contribution in [3.05, 3.63) is 60.0 Å². The number of fused-ring (bicyclic) bond motifs is 1. The number of methoxy groups -OCH3 is 1. The number of thioether (sulfide) groups is 1. The standard InChI is InChI=1S/C20H19N3O3S/c1-25-16-8-6-15(7-9-16)20-21-18(26-22-20)12-27-13-19(24)23-11-10-14-4-2-3-5-17(14)23/h2-9H,10-13H2,1H3. The number of carbonyl (C=O) groups is 1. The van der Waals surface area contributed by atoms with Crippen LogP contribution in [-0.4, -0.2) is 35.5 Å². The van der Waals surface area contributed by atoms with E-state index in [1.54, 1.807) is 7.11 Å². The van der Waals surface area contributed by atoms with E-state index in [1.807, 2.05) is 47.4 Å². The fourth-order valence-corrected chi connectivity index (χ4v) is 3.80. The number of anilines is 1. The third-order valence-corrected chi connectivity index (χ3v) is 5.36. The highest BCUT2D eigenvalue weighted by molar-refractivity contribution is 7.99. The number of ether oxygens (including phenoxy) is 1. The summed E-state index contributed by atoms with van der Waals surface area (Å²) < 4.78 is 10.4. The van der Waals surface area contributed by atoms with Crippen LogP contribution in [0.1, 0.15) is 11.5 Å². The third-order valence-electron chi connectivity index (χ3n) is 4.46. The zero-order chi connectivity index (χ0) is 18.6. The van der Waals surface area contributed by atoms with Crippen LogP contribution in [0.3, 0.4) is 0 Å². The maximum atomic E-state index is 12.5. The highest BCUT2D eigenvalue weighted by Crippen LogP contribution is 2.28. The Morgan fingerprint density at radius 3 is 2.85 bits per heavy atom. The highest BCUT2D eigenvalue weighted by Gasteiger charge is 2.23. The van der Waals surface area contributed by atoms with Gasteiger partial charge in [-0.05, 0) is 42.3 Å². The van der Waals surface area contributed by atoms with Gasteiger partial charge in [-0.25, -0.2) is 0 Å². The average Bonchev–Trinajstić information content (AvgIpc) is 3.35. The highest BCUT2D eigenvalue weighted by atomic mass is 32.2. The number of carbonyl (C=O) groups excluding carboxylic acids is 1. The summed E-state index contributed by atoms with van der Waals surface area (Å²) in [6, 6.07) is 15.5. The van der Waals surface area contributed by atoms with Gasteiger partial charge in [0, 0.05) is 17.8 Å². The van der Waals surface area contributed by atoms with Crippen LogP contribution in [0, 0.1) is 0 Å². The van der Waals surface area contributed by atoms with Gasteiger partial charge < -0.3 is 14.2 Å². The second kappa shape index (κ2) is 7.84. The van der Waals surface area contributed by atoms with Gasteiger partial charge in [0.2, 0.25) is 17.6 Å². The summed E-state index contributed by atoms with van der Waals surface area (Å²) in [5.74, 6) is 2.83. The Kier molecular flexibility index (Phi) is 5.11. The lowest BCUT2D eigenvalue weighted by Crippen LogP contribution is -2.30. The molecule has 0 bridgehead atoms. The fourth-order valence-electron chi connectivity index (χ4n) is 3.07. The molecule has 2 aromatic carbocycles. The molecule has 0 radical (unpaired) electrons. The van der Waals surface area contributed by atoms with Gasteiger partial charge in [0.1, 0.15) is 5.75 Å². The van der Waals surface area contributed by atoms with Crippen LogP contribution in [-0.2, 0) is 17.0 Å². The van der Waals surface area contributed by atoms with Crippen molar-refractivity contribution in [2.45, 2.75) is 12.2 Å². The number of para-hydroxylation sites is 1. The Morgan fingerprint density at radius 2 is 2.04 bits per heavy atom. The molecule has 0 saturated heterocycles. The van der Waals surface area contributed by atoms with E-state index in [1.165, 1.54) is 17.3 Å². The van der Waals surface area contributed by atoms with Crippen molar-refractivity contribution in [1.82, 2.24) is 10.1 Å². The van der Waals surface area contributed by atoms with E-state index in [0.29, 0.717) is 23.2 Å². The van der Waals surface area contributed by atoms with Crippen LogP contribution in [0.25, 0.3) is 11.4 Å². The zero-order valence-corrected chi connectivity index (χ0v) is 15.7. The van der Waals surface area contributed by atoms with Crippen LogP contribution in [0.15, 0.2) is 53.1 Å². The van der Waals surface area contributed by atoms with Crippen molar-refractivity contribution in [1.29, 1.82) is 0 Å². The van der Waals surface area contributed by atoms with Gasteiger partial charge >= 0.3 is 0 Å². The minimum Gasteiger partial charge on any atom is -0.497 e. The monoisotopic (exact) mass is 381 g/mol. The normalized spacial score (nSPS) is 12.9. The largest absolute Gasteiger partial charge is 0.497 e. The molecule has 4 rings (SSSR count). The first kappa shape index (κ1) is 17.6. The summed E-state index contributed by atoms with van der Waals surface area (Å²) >= 11 is 1.48. The smallest absolute Gasteiger partial charge is 0.237 e. The van der Waals surface area contributed by atoms with Crippen molar-refractivity contribution >= 4 is 23.4 Å². The molecule has 0 unspecified atom stereocenters. The predicted molar refractivity (Wildman–Crippen MR) is 105 cm³/mol. The van der Waals surface area contributed by atoms with Crippen LogP contribution in [0.4, 0.5) is 5.69 Å². The molecular weight excluding hydrogens is 362 g/mol. The van der Waals surface area contributed by atoms with Crippen molar-refractivity contribution in [3.63, 3.8) is 0 Å². The maximum Gasteiger partial charge on any atom is 0.237 e. The maximum absolute atomic E-state index is 12.5. The quantitative estimate of drug-likeness (QED) is 0.650. The van der Waals surface area contributed by atoms with Gasteiger partial charge in [0.05, 0.1) is 18.6 Å². The molecule has 6 nitrogen and oxygen atoms in total. The molecule has 0 saturated carbocycles. The summed E-state index contributed by atoms with van der Waals surface area (Å²) in [5, 5.41) is 4.01. The number of hydrogen-bond donors (Lipinski definition) is 0. The Morgan fingerprint density at radius 1 is 1.22 bits per heavy atom. The van der Waals surface area contributed by atoms with Crippen LogP contribution < -0.4 is 9.64 Å². The second-order valence-electron chi connectivity index (χ2n) is 6.16. The van der Waals surface area contributed by atoms with Crippen molar-refractivity contribution in [2.75, 3.05) is 24.3 Å². The molecular formula is C20H19N3O3S. The second-order valence-corrected chi connectivity index (χ2v) is 7.14. The number of aromatic nitrogens is 2. The average molecular weight is 381 g/mol. The van der Waals surface area contributed by atoms with Crippen molar-refractivity contribution < 1.29 is 14.1 Å². The molecule has 0 N–H and O–H groups in total. The van der Waals surface area contributed by atoms with Crippen LogP contribution >= 0.6 is 11.8 Å². The molecule has 1 aliphatic rings. The van der Waals surface area contributed by atoms with Gasteiger partial charge in [-0.1, -0.05) is 23.4 Å². The first-order valence-electron chi connectivity index (χ1n) is 8.67. The van der Waals surface area contributed by atoms with E-state index in [-0.39, 0.29) is 5.91 Å². The number of rotatable bonds is 6. The van der Waals surface area contributed by atoms with Crippen molar-refractivity contribution in [3.8, 4) is 17.1 Å². The number of nitrogens with zero attached hydrogens (tertiary/aromatic N) is 3. The van der Waals surface area contributed by atoms with E-state index in [0.717, 1.165) is 30.0 Å². The van der Waals surface area contributed by atoms with Gasteiger partial charge in [-0.2, -0.15) is 4.98 Å². The topological polar surface area (TPSA) is 68.5 Å². The molecule has 0 atom stereocenters. The molecule has 3 aromatic rings. The SMILES string of the molecule is COc1ccc(-c2noc(CSCC(=O)N3CCc4ccccc43)n2)cc1. The van der Waals surface area contributed by atoms with Gasteiger partial charge in [0.25, 0.3) is 0 Å². The molecule has 1 aromatic heterocycles. The molecule has 138 valence electrons. The lowest BCUT2D eigenvalue weighted by atomic mass is 10.2. The molecule has 0 aliphatic carbocycles. The molecule has 7 heteroatoms. The Balaban J connectivity index is 1.32. The predicted octanol–water partition coefficient (Wildman–Crippen LogP) is 3.57. The molecule has 2 heterocycles. The summed E-state index contributed by atoms with van der Waals surface area (Å²) in [7, 11) is 1.63. The van der Waals surface area contributed by atoms with Crippen molar-refractivity contribution in [2.24, 2.45) is 0 Å². The summed E-state index contributed by atoms with van der Waals surface area (Å²) in [6.07, 6.45) is 0.918. The Bertz CT molecular complexity index is 940. The number of benzene rings is 2. The summed E-state index contributed by atoms with van der Waals surface area (Å²) in [4.78, 5) is 18.8. The minimum atomic E-state index is 0.111. The Hall–Kier alpha value is -2.80. The van der Waals surface area contributed by atoms with E-state index in [2.05, 4.69) is 16.2 Å². The van der Waals surface area contributed by atoms with Gasteiger partial charge in [-0.3, -0.25) is 4.79 Å². The summed E-state index contributed by atoms with van der Waals surface area (Å²) in [5.41, 5.74) is 3.13. The fraction of sp³-hybridized carbons (Fsp3) is 0.250. The van der Waals surface area contributed by atoms with Gasteiger partial charge in [0.15, 0.2) is 0 Å². The number of amides is 1. The Labute approximate surface area is 161 Å². The molecule has 0 spiro atoms. The third kappa shape index (κ3) is 3.83. The number of hydrogen-bond acceptors (Lipinski definition) is 6. The summed E-state index contributed by atoms with van der Waals surface area (Å²) in [6.45, 7) is 0.751. The van der Waals surface area contributed by atoms with Crippen LogP contribution in [0.2, 0.25) is 0 Å². The van der Waals surface area contributed by atoms with E-state index >= 15 is 0 Å². The van der Waals surface area contributed by atoms with Gasteiger partial charge in [-0.15, -0.1) is 11.8 Å². The van der Waals surface area contributed by atoms with Crippen LogP contribution in [0.5, 0.6) is 5.75 Å². The molecule has 1 aliphatic heterocycles. The molecule has 27 heavy (non-hydrogen) atoms. The molecule has 1 amide bonds. The molecule has 0 fully saturated rings. The zero-order valence-electron chi connectivity index (χ0n) is 14.9. The first-order chi connectivity index (χ1) is 13.2. The van der Waals surface area contributed by atoms with E-state index < -0.39 is 0 Å².